The van der Waals surface area contributed by atoms with E-state index >= 15 is 0 Å². The standard InChI is InChI=1S/C8H10N4/c1-8(2)5-3-7(11-12-9)4-6-10-8/h3-6H,1-2H3. The molecule has 0 N–H and O–H groups in total. The first-order valence-electron chi connectivity index (χ1n) is 3.64. The quantitative estimate of drug-likeness (QED) is 0.323. The molecule has 62 valence electrons. The molecule has 0 radical (unpaired) electrons. The van der Waals surface area contributed by atoms with Crippen molar-refractivity contribution in [1.29, 1.82) is 0 Å². The Morgan fingerprint density at radius 2 is 2.33 bits per heavy atom. The minimum atomic E-state index is -0.205. The maximum Gasteiger partial charge on any atom is 0.0734 e. The van der Waals surface area contributed by atoms with E-state index in [9.17, 15) is 0 Å². The van der Waals surface area contributed by atoms with Gasteiger partial charge in [0, 0.05) is 16.8 Å². The van der Waals surface area contributed by atoms with Gasteiger partial charge in [-0.1, -0.05) is 17.3 Å². The topological polar surface area (TPSA) is 61.1 Å². The Hall–Kier alpha value is -1.54. The van der Waals surface area contributed by atoms with Gasteiger partial charge in [0.15, 0.2) is 0 Å². The summed E-state index contributed by atoms with van der Waals surface area (Å²) in [7, 11) is 0. The SMILES string of the molecule is CC1(C)C=CC(N=[N+]=[N-])=CC=N1. The average Bonchev–Trinajstić information content (AvgIpc) is 2.14. The van der Waals surface area contributed by atoms with Crippen LogP contribution in [0.5, 0.6) is 0 Å². The van der Waals surface area contributed by atoms with E-state index in [0.29, 0.717) is 5.70 Å². The van der Waals surface area contributed by atoms with E-state index in [4.69, 9.17) is 5.53 Å². The summed E-state index contributed by atoms with van der Waals surface area (Å²) in [6.07, 6.45) is 7.01. The fraction of sp³-hybridized carbons (Fsp3) is 0.375. The third kappa shape index (κ3) is 2.25. The van der Waals surface area contributed by atoms with Gasteiger partial charge in [0.25, 0.3) is 0 Å². The van der Waals surface area contributed by atoms with E-state index in [1.807, 2.05) is 19.9 Å². The van der Waals surface area contributed by atoms with Crippen molar-refractivity contribution in [1.82, 2.24) is 0 Å². The number of nitrogens with zero attached hydrogens (tertiary/aromatic N) is 4. The zero-order valence-electron chi connectivity index (χ0n) is 7.10. The molecule has 0 unspecified atom stereocenters. The summed E-state index contributed by atoms with van der Waals surface area (Å²) < 4.78 is 0. The molecule has 1 heterocycles. The fourth-order valence-electron chi connectivity index (χ4n) is 0.812. The fourth-order valence-corrected chi connectivity index (χ4v) is 0.812. The molecule has 1 rings (SSSR count). The monoisotopic (exact) mass is 162 g/mol. The smallest absolute Gasteiger partial charge is 0.0734 e. The van der Waals surface area contributed by atoms with Gasteiger partial charge in [0.1, 0.15) is 0 Å². The molecule has 4 nitrogen and oxygen atoms in total. The first-order chi connectivity index (χ1) is 5.64. The van der Waals surface area contributed by atoms with E-state index in [1.54, 1.807) is 18.4 Å². The van der Waals surface area contributed by atoms with Gasteiger partial charge >= 0.3 is 0 Å². The van der Waals surface area contributed by atoms with Crippen molar-refractivity contribution in [3.05, 3.63) is 34.4 Å². The van der Waals surface area contributed by atoms with E-state index in [1.165, 1.54) is 0 Å². The minimum absolute atomic E-state index is 0.205. The van der Waals surface area contributed by atoms with Crippen molar-refractivity contribution in [3.63, 3.8) is 0 Å². The van der Waals surface area contributed by atoms with Crippen LogP contribution in [0.25, 0.3) is 10.4 Å². The average molecular weight is 162 g/mol. The number of aliphatic imine (C=N–C) groups is 1. The second-order valence-corrected chi connectivity index (χ2v) is 3.05. The van der Waals surface area contributed by atoms with Crippen molar-refractivity contribution in [3.8, 4) is 0 Å². The van der Waals surface area contributed by atoms with Crippen LogP contribution >= 0.6 is 0 Å². The van der Waals surface area contributed by atoms with Crippen LogP contribution in [-0.4, -0.2) is 11.8 Å². The van der Waals surface area contributed by atoms with Crippen molar-refractivity contribution >= 4 is 6.21 Å². The highest BCUT2D eigenvalue weighted by Crippen LogP contribution is 2.14. The van der Waals surface area contributed by atoms with Gasteiger partial charge in [-0.15, -0.1) is 0 Å². The molecule has 0 fully saturated rings. The molecule has 12 heavy (non-hydrogen) atoms. The predicted molar refractivity (Wildman–Crippen MR) is 48.9 cm³/mol. The van der Waals surface area contributed by atoms with Gasteiger partial charge in [-0.2, -0.15) is 0 Å². The number of hydrogen-bond acceptors (Lipinski definition) is 2. The maximum absolute atomic E-state index is 8.18. The lowest BCUT2D eigenvalue weighted by Crippen LogP contribution is -2.11. The van der Waals surface area contributed by atoms with Gasteiger partial charge in [0.05, 0.1) is 5.54 Å². The van der Waals surface area contributed by atoms with Gasteiger partial charge in [-0.3, -0.25) is 4.99 Å². The molecule has 0 atom stereocenters. The summed E-state index contributed by atoms with van der Waals surface area (Å²) in [5.41, 5.74) is 8.56. The van der Waals surface area contributed by atoms with Crippen molar-refractivity contribution < 1.29 is 0 Å². The van der Waals surface area contributed by atoms with Crippen LogP contribution in [0.3, 0.4) is 0 Å². The van der Waals surface area contributed by atoms with Crippen molar-refractivity contribution in [2.24, 2.45) is 10.1 Å². The van der Waals surface area contributed by atoms with Gasteiger partial charge < -0.3 is 0 Å². The van der Waals surface area contributed by atoms with Crippen molar-refractivity contribution in [2.45, 2.75) is 19.4 Å². The summed E-state index contributed by atoms with van der Waals surface area (Å²) in [5.74, 6) is 0. The molecule has 0 aliphatic carbocycles. The highest BCUT2D eigenvalue weighted by atomic mass is 15.1. The number of hydrogen-bond donors (Lipinski definition) is 0. The minimum Gasteiger partial charge on any atom is -0.283 e. The normalized spacial score (nSPS) is 19.3. The summed E-state index contributed by atoms with van der Waals surface area (Å²) in [6, 6.07) is 0. The second-order valence-electron chi connectivity index (χ2n) is 3.05. The summed E-state index contributed by atoms with van der Waals surface area (Å²) in [5, 5.41) is 3.47. The lowest BCUT2D eigenvalue weighted by Gasteiger charge is -2.11. The Morgan fingerprint density at radius 3 is 3.00 bits per heavy atom. The Bertz CT molecular complexity index is 303. The highest BCUT2D eigenvalue weighted by molar-refractivity contribution is 5.74. The lowest BCUT2D eigenvalue weighted by atomic mass is 10.1. The molecule has 0 saturated carbocycles. The summed E-state index contributed by atoms with van der Waals surface area (Å²) in [6.45, 7) is 3.96. The first-order valence-corrected chi connectivity index (χ1v) is 3.64. The summed E-state index contributed by atoms with van der Waals surface area (Å²) in [4.78, 5) is 6.91. The molecule has 0 aromatic carbocycles. The van der Waals surface area contributed by atoms with E-state index in [0.717, 1.165) is 0 Å². The van der Waals surface area contributed by atoms with Gasteiger partial charge in [0.2, 0.25) is 0 Å². The molecule has 0 aromatic heterocycles. The largest absolute Gasteiger partial charge is 0.283 e. The third-order valence-corrected chi connectivity index (χ3v) is 1.47. The van der Waals surface area contributed by atoms with Crippen LogP contribution < -0.4 is 0 Å². The molecule has 0 saturated heterocycles. The van der Waals surface area contributed by atoms with E-state index < -0.39 is 0 Å². The molecule has 0 bridgehead atoms. The molecule has 0 aromatic rings. The number of allylic oxidation sites excluding steroid dienone is 2. The molecular formula is C8H10N4. The highest BCUT2D eigenvalue weighted by Gasteiger charge is 2.10. The summed E-state index contributed by atoms with van der Waals surface area (Å²) >= 11 is 0. The molecule has 1 aliphatic rings. The van der Waals surface area contributed by atoms with E-state index in [2.05, 4.69) is 15.0 Å². The lowest BCUT2D eigenvalue weighted by molar-refractivity contribution is 0.662. The molecule has 0 spiro atoms. The van der Waals surface area contributed by atoms with Crippen LogP contribution in [-0.2, 0) is 0 Å². The van der Waals surface area contributed by atoms with Gasteiger partial charge in [-0.25, -0.2) is 0 Å². The maximum atomic E-state index is 8.18. The molecule has 0 amide bonds. The van der Waals surface area contributed by atoms with Crippen LogP contribution in [0, 0.1) is 0 Å². The van der Waals surface area contributed by atoms with Crippen LogP contribution in [0.15, 0.2) is 34.0 Å². The Balaban J connectivity index is 2.93. The van der Waals surface area contributed by atoms with Crippen LogP contribution in [0.1, 0.15) is 13.8 Å². The predicted octanol–water partition coefficient (Wildman–Crippen LogP) is 2.60. The number of rotatable bonds is 1. The van der Waals surface area contributed by atoms with Crippen molar-refractivity contribution in [2.75, 3.05) is 0 Å². The Morgan fingerprint density at radius 1 is 1.58 bits per heavy atom. The zero-order chi connectivity index (χ0) is 9.03. The second kappa shape index (κ2) is 3.24. The molecule has 4 heteroatoms. The van der Waals surface area contributed by atoms with Crippen LogP contribution in [0.2, 0.25) is 0 Å². The molecule has 1 aliphatic heterocycles. The van der Waals surface area contributed by atoms with Crippen LogP contribution in [0.4, 0.5) is 0 Å². The first kappa shape index (κ1) is 8.56. The zero-order valence-corrected chi connectivity index (χ0v) is 7.10. The number of azide groups is 1. The molecular weight excluding hydrogens is 152 g/mol. The Labute approximate surface area is 70.9 Å². The van der Waals surface area contributed by atoms with E-state index in [-0.39, 0.29) is 5.54 Å². The van der Waals surface area contributed by atoms with Gasteiger partial charge in [-0.05, 0) is 25.5 Å². The Kier molecular flexibility index (Phi) is 2.31. The third-order valence-electron chi connectivity index (χ3n) is 1.47.